The summed E-state index contributed by atoms with van der Waals surface area (Å²) in [5, 5.41) is 54.0. The Morgan fingerprint density at radius 3 is 2.40 bits per heavy atom. The number of hydrogen-bond donors (Lipinski definition) is 7. The number of allylic oxidation sites excluding steroid dienone is 2. The SMILES string of the molecule is NC(=O)C1=C(O)C[C@@H]2C[C@@H]3Cc4ccc(NC(=O)CCC(=O)O)c(O)c4C(=O)C3=C(O)[C@]2(O)C1=O. The van der Waals surface area contributed by atoms with Crippen LogP contribution in [0.5, 0.6) is 5.75 Å². The average molecular weight is 486 g/mol. The monoisotopic (exact) mass is 486 g/mol. The van der Waals surface area contributed by atoms with Gasteiger partial charge in [0.25, 0.3) is 5.91 Å². The number of nitrogens with one attached hydrogen (secondary N) is 1. The minimum absolute atomic E-state index is 0.0113. The van der Waals surface area contributed by atoms with E-state index in [4.69, 9.17) is 10.8 Å². The quantitative estimate of drug-likeness (QED) is 0.224. The van der Waals surface area contributed by atoms with Gasteiger partial charge in [0, 0.05) is 24.3 Å². The van der Waals surface area contributed by atoms with Crippen molar-refractivity contribution in [1.82, 2.24) is 0 Å². The molecule has 8 N–H and O–H groups in total. The minimum atomic E-state index is -2.66. The first-order valence-electron chi connectivity index (χ1n) is 10.7. The minimum Gasteiger partial charge on any atom is -0.511 e. The van der Waals surface area contributed by atoms with Gasteiger partial charge < -0.3 is 36.6 Å². The molecule has 12 heteroatoms. The van der Waals surface area contributed by atoms with Crippen molar-refractivity contribution in [1.29, 1.82) is 0 Å². The number of carbonyl (C=O) groups is 5. The van der Waals surface area contributed by atoms with Crippen LogP contribution in [-0.4, -0.2) is 60.5 Å². The van der Waals surface area contributed by atoms with E-state index in [0.717, 1.165) is 0 Å². The summed E-state index contributed by atoms with van der Waals surface area (Å²) < 4.78 is 0. The Morgan fingerprint density at radius 2 is 1.77 bits per heavy atom. The summed E-state index contributed by atoms with van der Waals surface area (Å²) in [5.74, 6) is -9.26. The number of hydrogen-bond acceptors (Lipinski definition) is 9. The van der Waals surface area contributed by atoms with Crippen LogP contribution in [0.2, 0.25) is 0 Å². The first-order chi connectivity index (χ1) is 16.4. The van der Waals surface area contributed by atoms with Crippen LogP contribution >= 0.6 is 0 Å². The molecule has 0 spiro atoms. The molecule has 3 aliphatic rings. The number of nitrogens with two attached hydrogens (primary N) is 1. The summed E-state index contributed by atoms with van der Waals surface area (Å²) >= 11 is 0. The van der Waals surface area contributed by atoms with Crippen molar-refractivity contribution in [2.75, 3.05) is 5.32 Å². The maximum Gasteiger partial charge on any atom is 0.303 e. The van der Waals surface area contributed by atoms with Crippen molar-refractivity contribution in [3.63, 3.8) is 0 Å². The van der Waals surface area contributed by atoms with E-state index in [2.05, 4.69) is 5.32 Å². The molecule has 0 unspecified atom stereocenters. The lowest BCUT2D eigenvalue weighted by Crippen LogP contribution is -2.57. The molecule has 0 radical (unpaired) electrons. The van der Waals surface area contributed by atoms with Crippen molar-refractivity contribution in [2.45, 2.75) is 37.7 Å². The third-order valence-corrected chi connectivity index (χ3v) is 6.77. The Balaban J connectivity index is 1.75. The molecule has 1 aromatic carbocycles. The molecule has 0 fully saturated rings. The normalized spacial score (nSPS) is 25.5. The molecule has 12 nitrogen and oxygen atoms in total. The highest BCUT2D eigenvalue weighted by atomic mass is 16.4. The maximum absolute atomic E-state index is 13.4. The standard InChI is InChI=1S/C23H22N2O10/c24-22(34)17-12(26)7-10-6-9-5-8-1-2-11(25-13(27)3-4-14(28)29)18(30)15(8)19(31)16(9)20(32)23(10,35)21(17)33/h1-2,9-10,26,30,32,35H,3-7H2,(H2,24,34)(H,25,27)(H,28,29)/t9-,10-,23-/m0/s1. The lowest BCUT2D eigenvalue weighted by molar-refractivity contribution is -0.144. The molecule has 0 aromatic heterocycles. The highest BCUT2D eigenvalue weighted by molar-refractivity contribution is 6.24. The molecule has 2 amide bonds. The van der Waals surface area contributed by atoms with Crippen LogP contribution in [0.15, 0.2) is 34.8 Å². The Labute approximate surface area is 197 Å². The molecule has 3 atom stereocenters. The zero-order valence-electron chi connectivity index (χ0n) is 18.2. The van der Waals surface area contributed by atoms with E-state index in [1.807, 2.05) is 0 Å². The number of carboxylic acids is 1. The van der Waals surface area contributed by atoms with Gasteiger partial charge in [0.05, 0.1) is 17.7 Å². The van der Waals surface area contributed by atoms with Crippen molar-refractivity contribution in [2.24, 2.45) is 17.6 Å². The zero-order chi connectivity index (χ0) is 25.8. The molecule has 0 aliphatic heterocycles. The molecular formula is C23H22N2O10. The van der Waals surface area contributed by atoms with Crippen LogP contribution in [0.3, 0.4) is 0 Å². The zero-order valence-corrected chi connectivity index (χ0v) is 18.2. The lowest BCUT2D eigenvalue weighted by atomic mass is 9.60. The van der Waals surface area contributed by atoms with Crippen LogP contribution < -0.4 is 11.1 Å². The smallest absolute Gasteiger partial charge is 0.303 e. The summed E-state index contributed by atoms with van der Waals surface area (Å²) in [4.78, 5) is 60.6. The molecule has 35 heavy (non-hydrogen) atoms. The number of rotatable bonds is 5. The molecule has 4 rings (SSSR count). The Morgan fingerprint density at radius 1 is 1.09 bits per heavy atom. The van der Waals surface area contributed by atoms with E-state index in [0.29, 0.717) is 5.56 Å². The van der Waals surface area contributed by atoms with Gasteiger partial charge in [-0.3, -0.25) is 24.0 Å². The van der Waals surface area contributed by atoms with Crippen LogP contribution in [0.1, 0.15) is 41.6 Å². The number of aliphatic hydroxyl groups is 3. The lowest BCUT2D eigenvalue weighted by Gasteiger charge is -2.45. The van der Waals surface area contributed by atoms with Crippen molar-refractivity contribution in [3.05, 3.63) is 45.9 Å². The van der Waals surface area contributed by atoms with E-state index in [1.165, 1.54) is 12.1 Å². The molecule has 184 valence electrons. The molecule has 0 bridgehead atoms. The van der Waals surface area contributed by atoms with Gasteiger partial charge in [0.2, 0.25) is 11.7 Å². The van der Waals surface area contributed by atoms with Crippen molar-refractivity contribution < 1.29 is 49.5 Å². The number of carbonyl (C=O) groups excluding carboxylic acids is 4. The number of ketones is 2. The van der Waals surface area contributed by atoms with Gasteiger partial charge in [-0.2, -0.15) is 0 Å². The Bertz CT molecular complexity index is 1280. The van der Waals surface area contributed by atoms with Gasteiger partial charge in [-0.25, -0.2) is 0 Å². The highest BCUT2D eigenvalue weighted by Crippen LogP contribution is 2.51. The molecule has 0 saturated carbocycles. The number of aliphatic carboxylic acids is 1. The number of phenolic OH excluding ortho intramolecular Hbond substituents is 1. The third-order valence-electron chi connectivity index (χ3n) is 6.77. The molecular weight excluding hydrogens is 464 g/mol. The van der Waals surface area contributed by atoms with Gasteiger partial charge >= 0.3 is 5.97 Å². The molecule has 0 heterocycles. The number of aliphatic hydroxyl groups excluding tert-OH is 2. The number of benzene rings is 1. The fourth-order valence-electron chi connectivity index (χ4n) is 5.13. The second-order valence-electron chi connectivity index (χ2n) is 8.85. The highest BCUT2D eigenvalue weighted by Gasteiger charge is 2.59. The van der Waals surface area contributed by atoms with E-state index >= 15 is 0 Å². The second-order valence-corrected chi connectivity index (χ2v) is 8.85. The van der Waals surface area contributed by atoms with E-state index < -0.39 is 76.0 Å². The van der Waals surface area contributed by atoms with Crippen molar-refractivity contribution >= 4 is 35.0 Å². The fourth-order valence-corrected chi connectivity index (χ4v) is 5.13. The number of Topliss-reactive ketones (excluding diaryl/α,β-unsaturated/α-hetero) is 2. The maximum atomic E-state index is 13.4. The number of aromatic hydroxyl groups is 1. The largest absolute Gasteiger partial charge is 0.511 e. The van der Waals surface area contributed by atoms with Gasteiger partial charge in [0.15, 0.2) is 17.1 Å². The van der Waals surface area contributed by atoms with Crippen LogP contribution in [-0.2, 0) is 25.6 Å². The average Bonchev–Trinajstić information content (AvgIpc) is 2.76. The summed E-state index contributed by atoms with van der Waals surface area (Å²) in [5.41, 5.74) is 1.31. The number of amides is 2. The van der Waals surface area contributed by atoms with E-state index in [-0.39, 0.29) is 42.5 Å². The number of primary amides is 1. The van der Waals surface area contributed by atoms with Crippen LogP contribution in [0.4, 0.5) is 5.69 Å². The molecule has 1 aromatic rings. The predicted octanol–water partition coefficient (Wildman–Crippen LogP) is 0.384. The molecule has 0 saturated heterocycles. The van der Waals surface area contributed by atoms with Crippen LogP contribution in [0.25, 0.3) is 0 Å². The number of anilines is 1. The number of fused-ring (bicyclic) bond motifs is 3. The van der Waals surface area contributed by atoms with Gasteiger partial charge in [-0.1, -0.05) is 6.07 Å². The van der Waals surface area contributed by atoms with E-state index in [1.54, 1.807) is 0 Å². The summed E-state index contributed by atoms with van der Waals surface area (Å²) in [6.07, 6.45) is -0.981. The third kappa shape index (κ3) is 3.62. The predicted molar refractivity (Wildman–Crippen MR) is 116 cm³/mol. The Hall–Kier alpha value is -4.19. The van der Waals surface area contributed by atoms with Gasteiger partial charge in [-0.15, -0.1) is 0 Å². The summed E-state index contributed by atoms with van der Waals surface area (Å²) in [6, 6.07) is 2.84. The second kappa shape index (κ2) is 8.24. The van der Waals surface area contributed by atoms with Crippen LogP contribution in [0, 0.1) is 11.8 Å². The fraction of sp³-hybridized carbons (Fsp3) is 0.348. The van der Waals surface area contributed by atoms with Gasteiger partial charge in [-0.05, 0) is 30.4 Å². The number of carboxylic acid groups (broad SMARTS) is 1. The Kier molecular flexibility index (Phi) is 5.64. The first kappa shape index (κ1) is 24.0. The molecule has 3 aliphatic carbocycles. The van der Waals surface area contributed by atoms with Crippen molar-refractivity contribution in [3.8, 4) is 5.75 Å². The van der Waals surface area contributed by atoms with E-state index in [9.17, 15) is 44.4 Å². The topological polar surface area (TPSA) is 225 Å². The summed E-state index contributed by atoms with van der Waals surface area (Å²) in [7, 11) is 0. The van der Waals surface area contributed by atoms with Gasteiger partial charge in [0.1, 0.15) is 17.1 Å². The number of phenols is 1. The summed E-state index contributed by atoms with van der Waals surface area (Å²) in [6.45, 7) is 0. The first-order valence-corrected chi connectivity index (χ1v) is 10.7.